The van der Waals surface area contributed by atoms with Crippen molar-refractivity contribution < 1.29 is 19.1 Å². The van der Waals surface area contributed by atoms with Gasteiger partial charge in [0, 0.05) is 12.0 Å². The Morgan fingerprint density at radius 3 is 2.41 bits per heavy atom. The number of carbonyl (C=O) groups is 2. The van der Waals surface area contributed by atoms with E-state index in [1.807, 2.05) is 38.1 Å². The predicted octanol–water partition coefficient (Wildman–Crippen LogP) is 3.19. The third kappa shape index (κ3) is 6.33. The first-order chi connectivity index (χ1) is 13.0. The lowest BCUT2D eigenvalue weighted by atomic mass is 10.1. The second kappa shape index (κ2) is 10.2. The average Bonchev–Trinajstić information content (AvgIpc) is 2.69. The van der Waals surface area contributed by atoms with Crippen LogP contribution in [-0.2, 0) is 11.2 Å². The average molecular weight is 370 g/mol. The fourth-order valence-corrected chi connectivity index (χ4v) is 2.41. The molecule has 6 heteroatoms. The molecule has 0 unspecified atom stereocenters. The number of hydrazine groups is 1. The van der Waals surface area contributed by atoms with Crippen LogP contribution in [0, 0.1) is 6.92 Å². The molecule has 27 heavy (non-hydrogen) atoms. The van der Waals surface area contributed by atoms with Crippen LogP contribution in [0.15, 0.2) is 42.5 Å². The summed E-state index contributed by atoms with van der Waals surface area (Å²) in [6.07, 6.45) is 1.77. The highest BCUT2D eigenvalue weighted by molar-refractivity contribution is 5.96. The molecule has 0 aliphatic rings. The van der Waals surface area contributed by atoms with Gasteiger partial charge in [0.2, 0.25) is 5.91 Å². The predicted molar refractivity (Wildman–Crippen MR) is 104 cm³/mol. The summed E-state index contributed by atoms with van der Waals surface area (Å²) in [5, 5.41) is 0. The van der Waals surface area contributed by atoms with Gasteiger partial charge in [-0.2, -0.15) is 0 Å². The lowest BCUT2D eigenvalue weighted by molar-refractivity contribution is -0.121. The number of methoxy groups -OCH3 is 1. The largest absolute Gasteiger partial charge is 0.493 e. The Balaban J connectivity index is 1.85. The Morgan fingerprint density at radius 1 is 1.00 bits per heavy atom. The maximum atomic E-state index is 12.2. The quantitative estimate of drug-likeness (QED) is 0.700. The molecule has 0 saturated heterocycles. The normalized spacial score (nSPS) is 10.2. The number of rotatable bonds is 8. The molecular formula is C21H26N2O4. The van der Waals surface area contributed by atoms with Crippen molar-refractivity contribution in [2.45, 2.75) is 33.1 Å². The summed E-state index contributed by atoms with van der Waals surface area (Å²) in [6, 6.07) is 12.9. The first kappa shape index (κ1) is 20.3. The molecule has 0 aliphatic carbocycles. The lowest BCUT2D eigenvalue weighted by Gasteiger charge is -2.12. The molecule has 2 aromatic carbocycles. The van der Waals surface area contributed by atoms with E-state index in [9.17, 15) is 9.59 Å². The van der Waals surface area contributed by atoms with E-state index < -0.39 is 5.91 Å². The SMILES string of the molecule is CCCOc1ccc(C(=O)NNC(=O)CCc2ccc(C)cc2)cc1OC. The van der Waals surface area contributed by atoms with E-state index in [0.29, 0.717) is 30.1 Å². The van der Waals surface area contributed by atoms with Gasteiger partial charge in [-0.05, 0) is 43.5 Å². The second-order valence-corrected chi connectivity index (χ2v) is 6.20. The molecule has 144 valence electrons. The van der Waals surface area contributed by atoms with Crippen LogP contribution in [0.5, 0.6) is 11.5 Å². The maximum Gasteiger partial charge on any atom is 0.269 e. The summed E-state index contributed by atoms with van der Waals surface area (Å²) in [4.78, 5) is 24.2. The number of hydrogen-bond acceptors (Lipinski definition) is 4. The van der Waals surface area contributed by atoms with Gasteiger partial charge in [0.25, 0.3) is 5.91 Å². The monoisotopic (exact) mass is 370 g/mol. The Bertz CT molecular complexity index is 772. The lowest BCUT2D eigenvalue weighted by Crippen LogP contribution is -2.41. The molecule has 0 spiro atoms. The van der Waals surface area contributed by atoms with Gasteiger partial charge in [0.1, 0.15) is 0 Å². The van der Waals surface area contributed by atoms with Gasteiger partial charge in [0.05, 0.1) is 13.7 Å². The standard InChI is InChI=1S/C21H26N2O4/c1-4-13-27-18-11-10-17(14-19(18)26-3)21(25)23-22-20(24)12-9-16-7-5-15(2)6-8-16/h5-8,10-11,14H,4,9,12-13H2,1-3H3,(H,22,24)(H,23,25). The van der Waals surface area contributed by atoms with Crippen molar-refractivity contribution in [2.24, 2.45) is 0 Å². The highest BCUT2D eigenvalue weighted by Gasteiger charge is 2.12. The van der Waals surface area contributed by atoms with Crippen molar-refractivity contribution in [1.82, 2.24) is 10.9 Å². The van der Waals surface area contributed by atoms with Gasteiger partial charge in [-0.1, -0.05) is 36.8 Å². The summed E-state index contributed by atoms with van der Waals surface area (Å²) in [5.41, 5.74) is 7.49. The van der Waals surface area contributed by atoms with E-state index in [1.165, 1.54) is 12.7 Å². The van der Waals surface area contributed by atoms with Gasteiger partial charge in [-0.25, -0.2) is 0 Å². The topological polar surface area (TPSA) is 76.7 Å². The van der Waals surface area contributed by atoms with Crippen molar-refractivity contribution in [3.8, 4) is 11.5 Å². The Labute approximate surface area is 159 Å². The van der Waals surface area contributed by atoms with Crippen molar-refractivity contribution in [2.75, 3.05) is 13.7 Å². The smallest absolute Gasteiger partial charge is 0.269 e. The van der Waals surface area contributed by atoms with E-state index in [1.54, 1.807) is 18.2 Å². The first-order valence-corrected chi connectivity index (χ1v) is 8.99. The van der Waals surface area contributed by atoms with Gasteiger partial charge in [0.15, 0.2) is 11.5 Å². The summed E-state index contributed by atoms with van der Waals surface area (Å²) < 4.78 is 10.8. The van der Waals surface area contributed by atoms with Crippen molar-refractivity contribution in [3.05, 3.63) is 59.2 Å². The highest BCUT2D eigenvalue weighted by atomic mass is 16.5. The van der Waals surface area contributed by atoms with Crippen LogP contribution >= 0.6 is 0 Å². The Hall–Kier alpha value is -3.02. The Morgan fingerprint density at radius 2 is 1.74 bits per heavy atom. The van der Waals surface area contributed by atoms with Gasteiger partial charge >= 0.3 is 0 Å². The third-order valence-electron chi connectivity index (χ3n) is 3.96. The molecule has 0 atom stereocenters. The molecule has 0 saturated carbocycles. The van der Waals surface area contributed by atoms with Crippen LogP contribution in [0.25, 0.3) is 0 Å². The zero-order valence-corrected chi connectivity index (χ0v) is 16.0. The number of carbonyl (C=O) groups excluding carboxylic acids is 2. The second-order valence-electron chi connectivity index (χ2n) is 6.20. The van der Waals surface area contributed by atoms with Crippen LogP contribution in [0.1, 0.15) is 41.3 Å². The van der Waals surface area contributed by atoms with Crippen LogP contribution in [-0.4, -0.2) is 25.5 Å². The number of benzene rings is 2. The minimum absolute atomic E-state index is 0.251. The summed E-state index contributed by atoms with van der Waals surface area (Å²) >= 11 is 0. The van der Waals surface area contributed by atoms with E-state index in [0.717, 1.165) is 12.0 Å². The zero-order valence-electron chi connectivity index (χ0n) is 16.0. The maximum absolute atomic E-state index is 12.2. The van der Waals surface area contributed by atoms with Crippen LogP contribution < -0.4 is 20.3 Å². The van der Waals surface area contributed by atoms with Crippen molar-refractivity contribution in [3.63, 3.8) is 0 Å². The highest BCUT2D eigenvalue weighted by Crippen LogP contribution is 2.28. The van der Waals surface area contributed by atoms with Crippen LogP contribution in [0.3, 0.4) is 0 Å². The van der Waals surface area contributed by atoms with Crippen LogP contribution in [0.2, 0.25) is 0 Å². The molecule has 0 aromatic heterocycles. The minimum Gasteiger partial charge on any atom is -0.493 e. The molecule has 0 radical (unpaired) electrons. The summed E-state index contributed by atoms with van der Waals surface area (Å²) in [7, 11) is 1.52. The molecule has 0 heterocycles. The number of hydrogen-bond donors (Lipinski definition) is 2. The third-order valence-corrected chi connectivity index (χ3v) is 3.96. The number of ether oxygens (including phenoxy) is 2. The first-order valence-electron chi connectivity index (χ1n) is 8.99. The zero-order chi connectivity index (χ0) is 19.6. The van der Waals surface area contributed by atoms with Gasteiger partial charge in [-0.15, -0.1) is 0 Å². The van der Waals surface area contributed by atoms with E-state index in [4.69, 9.17) is 9.47 Å². The molecule has 2 N–H and O–H groups in total. The fourth-order valence-electron chi connectivity index (χ4n) is 2.41. The van der Waals surface area contributed by atoms with E-state index in [2.05, 4.69) is 10.9 Å². The molecule has 0 bridgehead atoms. The Kier molecular flexibility index (Phi) is 7.67. The molecule has 0 aliphatic heterocycles. The number of amides is 2. The molecule has 0 fully saturated rings. The molecule has 2 aromatic rings. The van der Waals surface area contributed by atoms with Crippen LogP contribution in [0.4, 0.5) is 0 Å². The van der Waals surface area contributed by atoms with E-state index in [-0.39, 0.29) is 12.3 Å². The van der Waals surface area contributed by atoms with Crippen molar-refractivity contribution in [1.29, 1.82) is 0 Å². The molecule has 2 amide bonds. The van der Waals surface area contributed by atoms with Crippen molar-refractivity contribution >= 4 is 11.8 Å². The fraction of sp³-hybridized carbons (Fsp3) is 0.333. The molecular weight excluding hydrogens is 344 g/mol. The molecule has 6 nitrogen and oxygen atoms in total. The number of nitrogens with one attached hydrogen (secondary N) is 2. The number of aryl methyl sites for hydroxylation is 2. The minimum atomic E-state index is -0.418. The van der Waals surface area contributed by atoms with E-state index >= 15 is 0 Å². The van der Waals surface area contributed by atoms with Gasteiger partial charge in [-0.3, -0.25) is 20.4 Å². The summed E-state index contributed by atoms with van der Waals surface area (Å²) in [6.45, 7) is 4.60. The summed E-state index contributed by atoms with van der Waals surface area (Å²) in [5.74, 6) is 0.387. The molecule has 2 rings (SSSR count). The van der Waals surface area contributed by atoms with Gasteiger partial charge < -0.3 is 9.47 Å².